The summed E-state index contributed by atoms with van der Waals surface area (Å²) in [5, 5.41) is 14.1. The molecule has 2 N–H and O–H groups in total. The minimum Gasteiger partial charge on any atom is -0.484 e. The number of nitrogens with one attached hydrogen (secondary N) is 2. The molecule has 1 aliphatic rings. The Labute approximate surface area is 169 Å². The summed E-state index contributed by atoms with van der Waals surface area (Å²) < 4.78 is 10.4. The van der Waals surface area contributed by atoms with Gasteiger partial charge in [0.25, 0.3) is 5.91 Å². The molecule has 3 rings (SSSR count). The fourth-order valence-electron chi connectivity index (χ4n) is 2.95. The normalized spacial score (nSPS) is 14.2. The van der Waals surface area contributed by atoms with Gasteiger partial charge in [-0.3, -0.25) is 4.79 Å². The SMILES string of the molecule is CCOC(=O)N1CCC(Nc2ccc(NC(=O)COc3ccccc3)nn2)CC1. The molecule has 0 unspecified atom stereocenters. The molecule has 29 heavy (non-hydrogen) atoms. The average Bonchev–Trinajstić information content (AvgIpc) is 2.75. The second kappa shape index (κ2) is 10.3. The van der Waals surface area contributed by atoms with E-state index < -0.39 is 0 Å². The first-order valence-corrected chi connectivity index (χ1v) is 9.63. The van der Waals surface area contributed by atoms with Crippen LogP contribution in [0.25, 0.3) is 0 Å². The first-order chi connectivity index (χ1) is 14.1. The summed E-state index contributed by atoms with van der Waals surface area (Å²) in [6.45, 7) is 3.35. The Bertz CT molecular complexity index is 792. The Balaban J connectivity index is 1.41. The lowest BCUT2D eigenvalue weighted by Gasteiger charge is -2.31. The van der Waals surface area contributed by atoms with E-state index >= 15 is 0 Å². The number of rotatable bonds is 7. The molecule has 1 aromatic heterocycles. The summed E-state index contributed by atoms with van der Waals surface area (Å²) in [4.78, 5) is 25.4. The minimum atomic E-state index is -0.310. The van der Waals surface area contributed by atoms with Gasteiger partial charge in [0, 0.05) is 19.1 Å². The zero-order chi connectivity index (χ0) is 20.5. The van der Waals surface area contributed by atoms with Crippen molar-refractivity contribution in [3.05, 3.63) is 42.5 Å². The molecular weight excluding hydrogens is 374 g/mol. The molecule has 0 atom stereocenters. The van der Waals surface area contributed by atoms with Crippen molar-refractivity contribution in [1.82, 2.24) is 15.1 Å². The molecule has 1 aromatic carbocycles. The molecule has 2 aromatic rings. The molecular formula is C20H25N5O4. The maximum Gasteiger partial charge on any atom is 0.409 e. The van der Waals surface area contributed by atoms with Crippen LogP contribution in [0.2, 0.25) is 0 Å². The van der Waals surface area contributed by atoms with Crippen LogP contribution in [-0.2, 0) is 9.53 Å². The molecule has 1 saturated heterocycles. The smallest absolute Gasteiger partial charge is 0.409 e. The number of hydrogen-bond acceptors (Lipinski definition) is 7. The summed E-state index contributed by atoms with van der Waals surface area (Å²) in [5.74, 6) is 1.30. The molecule has 0 radical (unpaired) electrons. The van der Waals surface area contributed by atoms with Gasteiger partial charge in [-0.1, -0.05) is 18.2 Å². The Morgan fingerprint density at radius 2 is 1.76 bits per heavy atom. The van der Waals surface area contributed by atoms with E-state index in [1.807, 2.05) is 18.2 Å². The molecule has 1 aliphatic heterocycles. The Kier molecular flexibility index (Phi) is 7.21. The van der Waals surface area contributed by atoms with Crippen molar-refractivity contribution >= 4 is 23.6 Å². The number of carbonyl (C=O) groups excluding carboxylic acids is 2. The van der Waals surface area contributed by atoms with E-state index in [1.165, 1.54) is 0 Å². The number of piperidine rings is 1. The number of para-hydroxylation sites is 1. The second-order valence-corrected chi connectivity index (χ2v) is 6.56. The van der Waals surface area contributed by atoms with Crippen molar-refractivity contribution in [3.8, 4) is 5.75 Å². The minimum absolute atomic E-state index is 0.106. The first-order valence-electron chi connectivity index (χ1n) is 9.63. The van der Waals surface area contributed by atoms with E-state index in [1.54, 1.807) is 36.1 Å². The van der Waals surface area contributed by atoms with Gasteiger partial charge in [0.2, 0.25) is 0 Å². The van der Waals surface area contributed by atoms with Gasteiger partial charge in [-0.15, -0.1) is 10.2 Å². The number of likely N-dealkylation sites (tertiary alicyclic amines) is 1. The lowest BCUT2D eigenvalue weighted by molar-refractivity contribution is -0.118. The van der Waals surface area contributed by atoms with Crippen LogP contribution in [-0.4, -0.2) is 59.4 Å². The van der Waals surface area contributed by atoms with Gasteiger partial charge in [0.05, 0.1) is 6.61 Å². The quantitative estimate of drug-likeness (QED) is 0.737. The standard InChI is InChI=1S/C20H25N5O4/c1-2-28-20(27)25-12-10-15(11-13-25)21-17-8-9-18(24-23-17)22-19(26)14-29-16-6-4-3-5-7-16/h3-9,15H,2,10-14H2,1H3,(H,21,23)(H,22,24,26). The number of benzene rings is 1. The van der Waals surface area contributed by atoms with Crippen LogP contribution in [0.3, 0.4) is 0 Å². The summed E-state index contributed by atoms with van der Waals surface area (Å²) in [6.07, 6.45) is 1.34. The molecule has 2 amide bonds. The maximum absolute atomic E-state index is 12.0. The van der Waals surface area contributed by atoms with E-state index in [2.05, 4.69) is 20.8 Å². The number of ether oxygens (including phenoxy) is 2. The molecule has 0 spiro atoms. The van der Waals surface area contributed by atoms with Crippen LogP contribution in [0.1, 0.15) is 19.8 Å². The highest BCUT2D eigenvalue weighted by Crippen LogP contribution is 2.16. The zero-order valence-electron chi connectivity index (χ0n) is 16.3. The van der Waals surface area contributed by atoms with Gasteiger partial charge in [0.15, 0.2) is 12.4 Å². The third-order valence-electron chi connectivity index (χ3n) is 4.42. The van der Waals surface area contributed by atoms with Crippen molar-refractivity contribution in [2.24, 2.45) is 0 Å². The van der Waals surface area contributed by atoms with Gasteiger partial charge >= 0.3 is 6.09 Å². The lowest BCUT2D eigenvalue weighted by atomic mass is 10.1. The number of amides is 2. The largest absolute Gasteiger partial charge is 0.484 e. The van der Waals surface area contributed by atoms with Crippen molar-refractivity contribution in [3.63, 3.8) is 0 Å². The van der Waals surface area contributed by atoms with Gasteiger partial charge < -0.3 is 25.0 Å². The van der Waals surface area contributed by atoms with Crippen LogP contribution in [0.4, 0.5) is 16.4 Å². The summed E-state index contributed by atoms with van der Waals surface area (Å²) >= 11 is 0. The van der Waals surface area contributed by atoms with Crippen molar-refractivity contribution in [2.45, 2.75) is 25.8 Å². The fourth-order valence-corrected chi connectivity index (χ4v) is 2.95. The molecule has 9 nitrogen and oxygen atoms in total. The molecule has 0 saturated carbocycles. The zero-order valence-corrected chi connectivity index (χ0v) is 16.3. The third kappa shape index (κ3) is 6.34. The predicted molar refractivity (Wildman–Crippen MR) is 108 cm³/mol. The molecule has 1 fully saturated rings. The second-order valence-electron chi connectivity index (χ2n) is 6.56. The van der Waals surface area contributed by atoms with Crippen molar-refractivity contribution in [2.75, 3.05) is 36.9 Å². The number of anilines is 2. The Morgan fingerprint density at radius 3 is 2.41 bits per heavy atom. The molecule has 0 aliphatic carbocycles. The van der Waals surface area contributed by atoms with E-state index in [0.717, 1.165) is 12.8 Å². The van der Waals surface area contributed by atoms with Crippen molar-refractivity contribution < 1.29 is 19.1 Å². The monoisotopic (exact) mass is 399 g/mol. The van der Waals surface area contributed by atoms with E-state index in [9.17, 15) is 9.59 Å². The van der Waals surface area contributed by atoms with E-state index in [4.69, 9.17) is 9.47 Å². The molecule has 0 bridgehead atoms. The summed E-state index contributed by atoms with van der Waals surface area (Å²) in [5.41, 5.74) is 0. The molecule has 9 heteroatoms. The Morgan fingerprint density at radius 1 is 1.07 bits per heavy atom. The van der Waals surface area contributed by atoms with E-state index in [0.29, 0.717) is 37.1 Å². The van der Waals surface area contributed by atoms with Crippen molar-refractivity contribution in [1.29, 1.82) is 0 Å². The number of nitrogens with zero attached hydrogens (tertiary/aromatic N) is 3. The molecule has 154 valence electrons. The van der Waals surface area contributed by atoms with Crippen LogP contribution in [0, 0.1) is 0 Å². The van der Waals surface area contributed by atoms with Gasteiger partial charge in [-0.2, -0.15) is 0 Å². The highest BCUT2D eigenvalue weighted by molar-refractivity contribution is 5.90. The van der Waals surface area contributed by atoms with Crippen LogP contribution < -0.4 is 15.4 Å². The average molecular weight is 399 g/mol. The van der Waals surface area contributed by atoms with Crippen LogP contribution in [0.5, 0.6) is 5.75 Å². The summed E-state index contributed by atoms with van der Waals surface area (Å²) in [7, 11) is 0. The van der Waals surface area contributed by atoms with Gasteiger partial charge in [-0.05, 0) is 44.0 Å². The van der Waals surface area contributed by atoms with Gasteiger partial charge in [0.1, 0.15) is 11.6 Å². The number of carbonyl (C=O) groups is 2. The highest BCUT2D eigenvalue weighted by Gasteiger charge is 2.23. The first kappa shape index (κ1) is 20.4. The fraction of sp³-hybridized carbons (Fsp3) is 0.400. The topological polar surface area (TPSA) is 106 Å². The molecule has 2 heterocycles. The highest BCUT2D eigenvalue weighted by atomic mass is 16.6. The lowest BCUT2D eigenvalue weighted by Crippen LogP contribution is -2.42. The maximum atomic E-state index is 12.0. The van der Waals surface area contributed by atoms with Gasteiger partial charge in [-0.25, -0.2) is 4.79 Å². The van der Waals surface area contributed by atoms with Crippen LogP contribution in [0.15, 0.2) is 42.5 Å². The predicted octanol–water partition coefficient (Wildman–Crippen LogP) is 2.53. The number of hydrogen-bond donors (Lipinski definition) is 2. The summed E-state index contributed by atoms with van der Waals surface area (Å²) in [6, 6.07) is 12.8. The van der Waals surface area contributed by atoms with E-state index in [-0.39, 0.29) is 24.6 Å². The third-order valence-corrected chi connectivity index (χ3v) is 4.42. The van der Waals surface area contributed by atoms with Crippen LogP contribution >= 0.6 is 0 Å². The number of aromatic nitrogens is 2. The Hall–Kier alpha value is -3.36.